The Bertz CT molecular complexity index is 633. The summed E-state index contributed by atoms with van der Waals surface area (Å²) in [6.45, 7) is 2.27. The first-order valence-corrected chi connectivity index (χ1v) is 8.08. The molecule has 1 saturated heterocycles. The highest BCUT2D eigenvalue weighted by Crippen LogP contribution is 2.51. The van der Waals surface area contributed by atoms with E-state index in [2.05, 4.69) is 11.9 Å². The topological polar surface area (TPSA) is 72.7 Å². The minimum Gasteiger partial charge on any atom is -0.462 e. The van der Waals surface area contributed by atoms with E-state index in [9.17, 15) is 14.9 Å². The monoisotopic (exact) mass is 318 g/mol. The molecule has 6 nitrogen and oxygen atoms in total. The van der Waals surface area contributed by atoms with E-state index in [-0.39, 0.29) is 28.7 Å². The van der Waals surface area contributed by atoms with Crippen LogP contribution in [-0.2, 0) is 14.9 Å². The summed E-state index contributed by atoms with van der Waals surface area (Å²) < 4.78 is 5.66. The Morgan fingerprint density at radius 1 is 1.39 bits per heavy atom. The third-order valence-corrected chi connectivity index (χ3v) is 5.43. The molecule has 0 N–H and O–H groups in total. The summed E-state index contributed by atoms with van der Waals surface area (Å²) >= 11 is 0. The van der Waals surface area contributed by atoms with E-state index in [0.717, 1.165) is 32.2 Å². The van der Waals surface area contributed by atoms with E-state index in [1.165, 1.54) is 6.92 Å². The zero-order valence-corrected chi connectivity index (χ0v) is 13.5. The average molecular weight is 318 g/mol. The van der Waals surface area contributed by atoms with Crippen LogP contribution >= 0.6 is 0 Å². The van der Waals surface area contributed by atoms with Gasteiger partial charge in [-0.25, -0.2) is 0 Å². The predicted octanol–water partition coefficient (Wildman–Crippen LogP) is 2.65. The molecule has 124 valence electrons. The van der Waals surface area contributed by atoms with E-state index in [1.807, 2.05) is 12.1 Å². The summed E-state index contributed by atoms with van der Waals surface area (Å²) in [5.74, 6) is -0.317. The highest BCUT2D eigenvalue weighted by Gasteiger charge is 2.57. The molecule has 0 spiro atoms. The SMILES string of the molecule is CC(=O)O[C@H]1CCC[C@@H]2N(C)CC[C@]12c1ccccc1[N+](=O)[O-]. The fourth-order valence-corrected chi connectivity index (χ4v) is 4.56. The molecule has 0 radical (unpaired) electrons. The Hall–Kier alpha value is -1.95. The second kappa shape index (κ2) is 5.92. The minimum absolute atomic E-state index is 0.131. The molecule has 0 aromatic heterocycles. The summed E-state index contributed by atoms with van der Waals surface area (Å²) in [5, 5.41) is 11.5. The largest absolute Gasteiger partial charge is 0.462 e. The lowest BCUT2D eigenvalue weighted by molar-refractivity contribution is -0.386. The number of fused-ring (bicyclic) bond motifs is 1. The van der Waals surface area contributed by atoms with Crippen LogP contribution in [0.25, 0.3) is 0 Å². The van der Waals surface area contributed by atoms with Crippen LogP contribution in [0, 0.1) is 10.1 Å². The summed E-state index contributed by atoms with van der Waals surface area (Å²) in [4.78, 5) is 25.1. The average Bonchev–Trinajstić information content (AvgIpc) is 2.86. The third kappa shape index (κ3) is 2.51. The van der Waals surface area contributed by atoms with Crippen molar-refractivity contribution in [3.05, 3.63) is 39.9 Å². The molecule has 1 aromatic carbocycles. The number of hydrogen-bond donors (Lipinski definition) is 0. The molecular formula is C17H22N2O4. The smallest absolute Gasteiger partial charge is 0.302 e. The molecule has 1 saturated carbocycles. The molecule has 0 amide bonds. The van der Waals surface area contributed by atoms with E-state index in [0.29, 0.717) is 5.56 Å². The van der Waals surface area contributed by atoms with Crippen LogP contribution < -0.4 is 0 Å². The van der Waals surface area contributed by atoms with Gasteiger partial charge in [0.2, 0.25) is 0 Å². The maximum atomic E-state index is 11.6. The predicted molar refractivity (Wildman–Crippen MR) is 85.2 cm³/mol. The summed E-state index contributed by atoms with van der Waals surface area (Å²) in [6.07, 6.45) is 3.17. The van der Waals surface area contributed by atoms with Gasteiger partial charge in [-0.3, -0.25) is 14.9 Å². The van der Waals surface area contributed by atoms with Crippen molar-refractivity contribution < 1.29 is 14.5 Å². The summed E-state index contributed by atoms with van der Waals surface area (Å²) in [5.41, 5.74) is 0.361. The van der Waals surface area contributed by atoms with Gasteiger partial charge >= 0.3 is 5.97 Å². The highest BCUT2D eigenvalue weighted by molar-refractivity contribution is 5.66. The van der Waals surface area contributed by atoms with Crippen molar-refractivity contribution in [1.82, 2.24) is 4.90 Å². The fraction of sp³-hybridized carbons (Fsp3) is 0.588. The summed E-state index contributed by atoms with van der Waals surface area (Å²) in [7, 11) is 2.05. The van der Waals surface area contributed by atoms with Gasteiger partial charge in [-0.05, 0) is 39.3 Å². The lowest BCUT2D eigenvalue weighted by Crippen LogP contribution is -2.53. The maximum absolute atomic E-state index is 11.6. The molecule has 1 aliphatic heterocycles. The van der Waals surface area contributed by atoms with Crippen LogP contribution in [0.15, 0.2) is 24.3 Å². The standard InChI is InChI=1S/C17H22N2O4/c1-12(20)23-16-9-5-8-15-17(16,10-11-18(15)2)13-6-3-4-7-14(13)19(21)22/h3-4,6-7,15-16H,5,8-11H2,1-2H3/t15-,16-,17+/m0/s1. The van der Waals surface area contributed by atoms with Crippen LogP contribution in [0.3, 0.4) is 0 Å². The molecule has 2 fully saturated rings. The molecule has 6 heteroatoms. The number of carbonyl (C=O) groups is 1. The number of carbonyl (C=O) groups excluding carboxylic acids is 1. The van der Waals surface area contributed by atoms with Gasteiger partial charge in [0.05, 0.1) is 10.3 Å². The first kappa shape index (κ1) is 15.9. The Kier molecular flexibility index (Phi) is 4.10. The second-order valence-electron chi connectivity index (χ2n) is 6.59. The van der Waals surface area contributed by atoms with Crippen molar-refractivity contribution in [2.24, 2.45) is 0 Å². The molecule has 1 aliphatic carbocycles. The number of nitro groups is 1. The molecule has 0 bridgehead atoms. The Morgan fingerprint density at radius 3 is 2.83 bits per heavy atom. The lowest BCUT2D eigenvalue weighted by atomic mass is 9.63. The fourth-order valence-electron chi connectivity index (χ4n) is 4.56. The number of likely N-dealkylation sites (N-methyl/N-ethyl adjacent to an activating group) is 1. The lowest BCUT2D eigenvalue weighted by Gasteiger charge is -2.46. The van der Waals surface area contributed by atoms with Crippen LogP contribution in [0.2, 0.25) is 0 Å². The van der Waals surface area contributed by atoms with Gasteiger partial charge in [0, 0.05) is 24.6 Å². The van der Waals surface area contributed by atoms with Crippen molar-refractivity contribution in [3.8, 4) is 0 Å². The first-order valence-electron chi connectivity index (χ1n) is 8.08. The number of hydrogen-bond acceptors (Lipinski definition) is 5. The number of esters is 1. The Balaban J connectivity index is 2.16. The Labute approximate surface area is 135 Å². The number of likely N-dealkylation sites (tertiary alicyclic amines) is 1. The number of ether oxygens (including phenoxy) is 1. The van der Waals surface area contributed by atoms with Crippen molar-refractivity contribution >= 4 is 11.7 Å². The normalized spacial score (nSPS) is 30.7. The number of rotatable bonds is 3. The van der Waals surface area contributed by atoms with Crippen LogP contribution in [0.4, 0.5) is 5.69 Å². The van der Waals surface area contributed by atoms with Gasteiger partial charge < -0.3 is 9.64 Å². The molecule has 1 heterocycles. The molecular weight excluding hydrogens is 296 g/mol. The maximum Gasteiger partial charge on any atom is 0.302 e. The van der Waals surface area contributed by atoms with E-state index in [4.69, 9.17) is 4.74 Å². The minimum atomic E-state index is -0.484. The zero-order chi connectivity index (χ0) is 16.6. The molecule has 3 rings (SSSR count). The van der Waals surface area contributed by atoms with Crippen molar-refractivity contribution in [2.75, 3.05) is 13.6 Å². The molecule has 23 heavy (non-hydrogen) atoms. The van der Waals surface area contributed by atoms with Gasteiger partial charge in [0.15, 0.2) is 0 Å². The van der Waals surface area contributed by atoms with Crippen LogP contribution in [-0.4, -0.2) is 41.5 Å². The van der Waals surface area contributed by atoms with E-state index >= 15 is 0 Å². The van der Waals surface area contributed by atoms with Crippen molar-refractivity contribution in [3.63, 3.8) is 0 Å². The highest BCUT2D eigenvalue weighted by atomic mass is 16.6. The Morgan fingerprint density at radius 2 is 2.13 bits per heavy atom. The van der Waals surface area contributed by atoms with Gasteiger partial charge in [0.1, 0.15) is 6.10 Å². The van der Waals surface area contributed by atoms with Gasteiger partial charge in [-0.1, -0.05) is 18.2 Å². The third-order valence-electron chi connectivity index (χ3n) is 5.43. The van der Waals surface area contributed by atoms with Gasteiger partial charge in [-0.15, -0.1) is 0 Å². The van der Waals surface area contributed by atoms with Crippen LogP contribution in [0.1, 0.15) is 38.2 Å². The van der Waals surface area contributed by atoms with Crippen molar-refractivity contribution in [1.29, 1.82) is 0 Å². The number of para-hydroxylation sites is 1. The number of benzene rings is 1. The first-order chi connectivity index (χ1) is 11.0. The molecule has 1 aromatic rings. The number of nitrogens with zero attached hydrogens (tertiary/aromatic N) is 2. The van der Waals surface area contributed by atoms with E-state index in [1.54, 1.807) is 12.1 Å². The second-order valence-corrected chi connectivity index (χ2v) is 6.59. The zero-order valence-electron chi connectivity index (χ0n) is 13.5. The van der Waals surface area contributed by atoms with Crippen LogP contribution in [0.5, 0.6) is 0 Å². The summed E-state index contributed by atoms with van der Waals surface area (Å²) in [6, 6.07) is 7.09. The van der Waals surface area contributed by atoms with Gasteiger partial charge in [-0.2, -0.15) is 0 Å². The van der Waals surface area contributed by atoms with Gasteiger partial charge in [0.25, 0.3) is 5.69 Å². The molecule has 3 atom stereocenters. The quantitative estimate of drug-likeness (QED) is 0.487. The van der Waals surface area contributed by atoms with Crippen molar-refractivity contribution in [2.45, 2.75) is 50.2 Å². The van der Waals surface area contributed by atoms with E-state index < -0.39 is 5.41 Å². The number of nitro benzene ring substituents is 1. The molecule has 0 unspecified atom stereocenters. The molecule has 2 aliphatic rings.